The number of benzene rings is 1. The summed E-state index contributed by atoms with van der Waals surface area (Å²) in [5.74, 6) is -9.40. The zero-order chi connectivity index (χ0) is 24.7. The minimum Gasteiger partial charge on any atom is -0.508 e. The quantitative estimate of drug-likeness (QED) is 0.322. The molecule has 3 aliphatic rings. The molecule has 0 aliphatic heterocycles. The van der Waals surface area contributed by atoms with E-state index in [-0.39, 0.29) is 21.9 Å². The van der Waals surface area contributed by atoms with Gasteiger partial charge in [0.2, 0.25) is 5.78 Å². The number of amides is 1. The molecule has 1 amide bonds. The largest absolute Gasteiger partial charge is 0.508 e. The lowest BCUT2D eigenvalue weighted by Gasteiger charge is -2.53. The molecule has 0 bridgehead atoms. The van der Waals surface area contributed by atoms with Crippen LogP contribution in [0.25, 0.3) is 5.76 Å². The van der Waals surface area contributed by atoms with Crippen LogP contribution in [0.5, 0.6) is 5.75 Å². The van der Waals surface area contributed by atoms with Gasteiger partial charge < -0.3 is 31.3 Å². The summed E-state index contributed by atoms with van der Waals surface area (Å²) in [7, 11) is 2.89. The van der Waals surface area contributed by atoms with E-state index in [1.54, 1.807) is 6.92 Å². The molecule has 6 atom stereocenters. The molecule has 1 aromatic carbocycles. The fraction of sp³-hybridized carbons (Fsp3) is 0.409. The highest BCUT2D eigenvalue weighted by atomic mass is 35.5. The second-order valence-electron chi connectivity index (χ2n) is 8.90. The third-order valence-corrected chi connectivity index (χ3v) is 7.38. The minimum atomic E-state index is -2.93. The number of nitrogens with two attached hydrogens (primary N) is 1. The number of carbonyl (C=O) groups excluding carboxylic acids is 3. The average molecular weight is 479 g/mol. The number of nitrogens with zero attached hydrogens (tertiary/aromatic N) is 1. The van der Waals surface area contributed by atoms with Crippen molar-refractivity contribution in [1.82, 2.24) is 4.90 Å². The molecule has 1 saturated carbocycles. The summed E-state index contributed by atoms with van der Waals surface area (Å²) in [6, 6.07) is 1.22. The standard InChI is InChI=1S/C22H23ClN2O8/c1-6-9-7(23)4-5-8(26)11(9)16(27)12-10(6)17(28)14-15(25(2)3)18(29)13(21(24)32)20(31)22(14,33)19(12)30/h4-6,10,14-15,17,26-28,31,33H,1-3H3,(H2,24,32)/t6-,10+,14+,15-,17-,22+/m0/s1. The van der Waals surface area contributed by atoms with Crippen LogP contribution in [0.4, 0.5) is 0 Å². The van der Waals surface area contributed by atoms with Crippen molar-refractivity contribution in [3.8, 4) is 5.75 Å². The van der Waals surface area contributed by atoms with E-state index in [2.05, 4.69) is 0 Å². The first-order valence-electron chi connectivity index (χ1n) is 10.1. The van der Waals surface area contributed by atoms with Crippen molar-refractivity contribution in [2.75, 3.05) is 14.1 Å². The number of phenols is 1. The molecule has 0 radical (unpaired) electrons. The topological polar surface area (TPSA) is 182 Å². The third kappa shape index (κ3) is 2.75. The number of ketones is 2. The Morgan fingerprint density at radius 3 is 2.33 bits per heavy atom. The summed E-state index contributed by atoms with van der Waals surface area (Å²) in [6.07, 6.45) is -1.65. The summed E-state index contributed by atoms with van der Waals surface area (Å²) in [4.78, 5) is 40.0. The second-order valence-corrected chi connectivity index (χ2v) is 9.31. The SMILES string of the molecule is C[C@H]1c2c(Cl)ccc(O)c2C(O)=C2C(=O)[C@@]3(O)C(O)=C(C(N)=O)C(=O)[C@@H](N(C)C)[C@@H]3[C@@H](O)[C@@H]21. The van der Waals surface area contributed by atoms with E-state index in [9.17, 15) is 39.9 Å². The van der Waals surface area contributed by atoms with Gasteiger partial charge in [0.05, 0.1) is 23.6 Å². The number of halogens is 1. The van der Waals surface area contributed by atoms with Gasteiger partial charge in [-0.25, -0.2) is 0 Å². The van der Waals surface area contributed by atoms with Gasteiger partial charge in [0.15, 0.2) is 11.4 Å². The molecular formula is C22H23ClN2O8. The molecule has 1 aromatic rings. The van der Waals surface area contributed by atoms with E-state index < -0.39 is 75.6 Å². The number of phenolic OH excluding ortho intramolecular Hbond substituents is 1. The fourth-order valence-corrected chi connectivity index (χ4v) is 5.97. The highest BCUT2D eigenvalue weighted by Crippen LogP contribution is 2.57. The molecule has 176 valence electrons. The lowest BCUT2D eigenvalue weighted by Crippen LogP contribution is -2.70. The molecule has 33 heavy (non-hydrogen) atoms. The van der Waals surface area contributed by atoms with Gasteiger partial charge in [-0.2, -0.15) is 0 Å². The summed E-state index contributed by atoms with van der Waals surface area (Å²) >= 11 is 6.31. The van der Waals surface area contributed by atoms with E-state index in [0.29, 0.717) is 0 Å². The zero-order valence-corrected chi connectivity index (χ0v) is 18.7. The molecule has 0 heterocycles. The van der Waals surface area contributed by atoms with Crippen LogP contribution in [0, 0.1) is 11.8 Å². The van der Waals surface area contributed by atoms with Gasteiger partial charge >= 0.3 is 0 Å². The molecule has 1 fully saturated rings. The van der Waals surface area contributed by atoms with Crippen LogP contribution in [0.1, 0.15) is 24.0 Å². The Balaban J connectivity index is 2.08. The Labute approximate surface area is 193 Å². The lowest BCUT2D eigenvalue weighted by molar-refractivity contribution is -0.169. The summed E-state index contributed by atoms with van der Waals surface area (Å²) < 4.78 is 0. The predicted octanol–water partition coefficient (Wildman–Crippen LogP) is 0.149. The Hall–Kier alpha value is -2.92. The van der Waals surface area contributed by atoms with Gasteiger partial charge in [0, 0.05) is 16.5 Å². The van der Waals surface area contributed by atoms with Gasteiger partial charge in [-0.3, -0.25) is 19.3 Å². The number of hydrogen-bond donors (Lipinski definition) is 6. The molecule has 4 rings (SSSR count). The summed E-state index contributed by atoms with van der Waals surface area (Å²) in [5.41, 5.74) is 1.05. The van der Waals surface area contributed by atoms with Gasteiger partial charge in [0.25, 0.3) is 5.91 Å². The van der Waals surface area contributed by atoms with E-state index >= 15 is 0 Å². The van der Waals surface area contributed by atoms with E-state index in [1.807, 2.05) is 0 Å². The first-order chi connectivity index (χ1) is 15.3. The lowest BCUT2D eigenvalue weighted by atomic mass is 9.54. The number of likely N-dealkylation sites (N-methyl/N-ethyl adjacent to an activating group) is 1. The van der Waals surface area contributed by atoms with Crippen LogP contribution in [0.2, 0.25) is 5.02 Å². The number of fused-ring (bicyclic) bond motifs is 3. The van der Waals surface area contributed by atoms with Gasteiger partial charge in [-0.05, 0) is 37.7 Å². The normalized spacial score (nSPS) is 33.7. The Bertz CT molecular complexity index is 1190. The summed E-state index contributed by atoms with van der Waals surface area (Å²) in [6.45, 7) is 1.61. The van der Waals surface area contributed by atoms with E-state index in [0.717, 1.165) is 0 Å². The average Bonchev–Trinajstić information content (AvgIpc) is 2.72. The number of aliphatic hydroxyl groups excluding tert-OH is 3. The smallest absolute Gasteiger partial charge is 0.255 e. The van der Waals surface area contributed by atoms with Crippen LogP contribution in [-0.4, -0.2) is 79.7 Å². The van der Waals surface area contributed by atoms with Crippen LogP contribution in [0.3, 0.4) is 0 Å². The Morgan fingerprint density at radius 2 is 1.79 bits per heavy atom. The van der Waals surface area contributed by atoms with Crippen LogP contribution >= 0.6 is 11.6 Å². The molecule has 0 aromatic heterocycles. The van der Waals surface area contributed by atoms with Crippen molar-refractivity contribution < 1.29 is 39.9 Å². The molecule has 0 spiro atoms. The van der Waals surface area contributed by atoms with Gasteiger partial charge in [0.1, 0.15) is 22.8 Å². The number of aliphatic hydroxyl groups is 4. The van der Waals surface area contributed by atoms with E-state index in [1.165, 1.54) is 31.1 Å². The van der Waals surface area contributed by atoms with Crippen molar-refractivity contribution in [2.24, 2.45) is 17.6 Å². The maximum absolute atomic E-state index is 13.7. The predicted molar refractivity (Wildman–Crippen MR) is 115 cm³/mol. The molecule has 11 heteroatoms. The minimum absolute atomic E-state index is 0.140. The van der Waals surface area contributed by atoms with Gasteiger partial charge in [-0.1, -0.05) is 18.5 Å². The maximum atomic E-state index is 13.7. The Morgan fingerprint density at radius 1 is 1.18 bits per heavy atom. The van der Waals surface area contributed by atoms with Crippen LogP contribution in [0.15, 0.2) is 29.0 Å². The monoisotopic (exact) mass is 478 g/mol. The second kappa shape index (κ2) is 7.29. The van der Waals surface area contributed by atoms with Crippen molar-refractivity contribution >= 4 is 34.8 Å². The van der Waals surface area contributed by atoms with Crippen LogP contribution in [-0.2, 0) is 14.4 Å². The molecular weight excluding hydrogens is 456 g/mol. The summed E-state index contributed by atoms with van der Waals surface area (Å²) in [5, 5.41) is 55.3. The first kappa shape index (κ1) is 23.2. The number of primary amides is 1. The highest BCUT2D eigenvalue weighted by Gasteiger charge is 2.68. The zero-order valence-electron chi connectivity index (χ0n) is 17.9. The number of carbonyl (C=O) groups is 3. The molecule has 10 nitrogen and oxygen atoms in total. The molecule has 0 unspecified atom stereocenters. The molecule has 0 saturated heterocycles. The number of Topliss-reactive ketones (excluding diaryl/α,β-unsaturated/α-hetero) is 2. The number of hydrogen-bond acceptors (Lipinski definition) is 9. The van der Waals surface area contributed by atoms with Crippen LogP contribution < -0.4 is 5.73 Å². The van der Waals surface area contributed by atoms with Crippen molar-refractivity contribution in [3.63, 3.8) is 0 Å². The highest BCUT2D eigenvalue weighted by molar-refractivity contribution is 6.32. The molecule has 7 N–H and O–H groups in total. The van der Waals surface area contributed by atoms with Crippen molar-refractivity contribution in [3.05, 3.63) is 45.2 Å². The fourth-order valence-electron chi connectivity index (χ4n) is 5.64. The van der Waals surface area contributed by atoms with Gasteiger partial charge in [-0.15, -0.1) is 0 Å². The third-order valence-electron chi connectivity index (χ3n) is 7.05. The Kier molecular flexibility index (Phi) is 5.14. The van der Waals surface area contributed by atoms with Crippen molar-refractivity contribution in [1.29, 1.82) is 0 Å². The van der Waals surface area contributed by atoms with E-state index in [4.69, 9.17) is 17.3 Å². The number of aromatic hydroxyl groups is 1. The first-order valence-corrected chi connectivity index (χ1v) is 10.5. The number of rotatable bonds is 2. The maximum Gasteiger partial charge on any atom is 0.255 e. The molecule has 3 aliphatic carbocycles. The van der Waals surface area contributed by atoms with Crippen molar-refractivity contribution in [2.45, 2.75) is 30.6 Å².